The topological polar surface area (TPSA) is 98.0 Å². The van der Waals surface area contributed by atoms with Crippen LogP contribution in [0, 0.1) is 0 Å². The van der Waals surface area contributed by atoms with E-state index in [1.165, 1.54) is 0 Å². The van der Waals surface area contributed by atoms with Crippen LogP contribution in [0.5, 0.6) is 5.75 Å². The molecule has 0 saturated carbocycles. The van der Waals surface area contributed by atoms with E-state index in [2.05, 4.69) is 5.32 Å². The summed E-state index contributed by atoms with van der Waals surface area (Å²) in [6, 6.07) is 13.3. The van der Waals surface area contributed by atoms with Gasteiger partial charge in [0.25, 0.3) is 5.91 Å². The van der Waals surface area contributed by atoms with Gasteiger partial charge in [0.05, 0.1) is 20.3 Å². The van der Waals surface area contributed by atoms with Crippen molar-refractivity contribution in [3.63, 3.8) is 0 Å². The zero-order chi connectivity index (χ0) is 20.8. The molecule has 0 unspecified atom stereocenters. The highest BCUT2D eigenvalue weighted by Crippen LogP contribution is 2.24. The number of ether oxygens (including phenoxy) is 2. The molecule has 0 aliphatic rings. The molecule has 152 valence electrons. The van der Waals surface area contributed by atoms with Gasteiger partial charge in [-0.15, -0.1) is 0 Å². The number of carbonyl (C=O) groups is 2. The van der Waals surface area contributed by atoms with E-state index in [4.69, 9.17) is 13.9 Å². The van der Waals surface area contributed by atoms with E-state index in [0.717, 1.165) is 17.5 Å². The van der Waals surface area contributed by atoms with Gasteiger partial charge in [-0.3, -0.25) is 4.79 Å². The summed E-state index contributed by atoms with van der Waals surface area (Å²) in [5.74, 6) is -1.14. The van der Waals surface area contributed by atoms with Crippen molar-refractivity contribution in [2.24, 2.45) is 0 Å². The Hall–Kier alpha value is -3.32. The number of aryl methyl sites for hydroxylation is 1. The number of nitrogens with one attached hydrogen (secondary N) is 1. The van der Waals surface area contributed by atoms with Crippen molar-refractivity contribution in [1.82, 2.24) is 5.32 Å². The molecule has 1 amide bonds. The molecule has 3 aromatic rings. The molecule has 2 aromatic carbocycles. The van der Waals surface area contributed by atoms with Crippen LogP contribution >= 0.6 is 0 Å². The molecule has 7 nitrogen and oxygen atoms in total. The standard InChI is InChI=1S/C22H23NO6/c1-3-14-6-4-5-7-15(14)12-28-13-18(22(25)26)23-21(24)20-11-16-10-17(27-2)8-9-19(16)29-20/h4-11,18H,3,12-13H2,1-2H3,(H,23,24)(H,25,26)/t18-/m0/s1. The first-order chi connectivity index (χ1) is 14.0. The van der Waals surface area contributed by atoms with Crippen molar-refractivity contribution < 1.29 is 28.6 Å². The lowest BCUT2D eigenvalue weighted by Gasteiger charge is -2.15. The second-order valence-corrected chi connectivity index (χ2v) is 6.52. The molecule has 1 heterocycles. The van der Waals surface area contributed by atoms with E-state index in [1.54, 1.807) is 31.4 Å². The molecule has 1 atom stereocenters. The van der Waals surface area contributed by atoms with E-state index in [0.29, 0.717) is 16.7 Å². The van der Waals surface area contributed by atoms with Crippen LogP contribution in [0.4, 0.5) is 0 Å². The fourth-order valence-electron chi connectivity index (χ4n) is 2.99. The van der Waals surface area contributed by atoms with Crippen LogP contribution < -0.4 is 10.1 Å². The monoisotopic (exact) mass is 397 g/mol. The van der Waals surface area contributed by atoms with E-state index in [9.17, 15) is 14.7 Å². The van der Waals surface area contributed by atoms with Crippen molar-refractivity contribution in [2.45, 2.75) is 26.0 Å². The van der Waals surface area contributed by atoms with Gasteiger partial charge < -0.3 is 24.3 Å². The van der Waals surface area contributed by atoms with Crippen molar-refractivity contribution >= 4 is 22.8 Å². The fourth-order valence-corrected chi connectivity index (χ4v) is 2.99. The summed E-state index contributed by atoms with van der Waals surface area (Å²) in [6.07, 6.45) is 0.857. The lowest BCUT2D eigenvalue weighted by molar-refractivity contribution is -0.141. The Balaban J connectivity index is 1.64. The van der Waals surface area contributed by atoms with Gasteiger partial charge in [0.2, 0.25) is 0 Å². The number of carbonyl (C=O) groups excluding carboxylic acids is 1. The molecule has 7 heteroatoms. The average molecular weight is 397 g/mol. The van der Waals surface area contributed by atoms with Gasteiger partial charge in [0.15, 0.2) is 11.8 Å². The highest BCUT2D eigenvalue weighted by molar-refractivity contribution is 5.98. The number of methoxy groups -OCH3 is 1. The lowest BCUT2D eigenvalue weighted by Crippen LogP contribution is -2.43. The molecule has 2 N–H and O–H groups in total. The summed E-state index contributed by atoms with van der Waals surface area (Å²) in [5, 5.41) is 12.6. The highest BCUT2D eigenvalue weighted by atomic mass is 16.5. The Morgan fingerprint density at radius 1 is 1.14 bits per heavy atom. The first-order valence-electron chi connectivity index (χ1n) is 9.27. The molecule has 0 saturated heterocycles. The van der Waals surface area contributed by atoms with Crippen LogP contribution in [0.25, 0.3) is 11.0 Å². The summed E-state index contributed by atoms with van der Waals surface area (Å²) in [4.78, 5) is 24.0. The van der Waals surface area contributed by atoms with Gasteiger partial charge in [-0.1, -0.05) is 31.2 Å². The van der Waals surface area contributed by atoms with Gasteiger partial charge in [-0.25, -0.2) is 4.79 Å². The molecular formula is C22H23NO6. The number of carboxylic acids is 1. The number of carboxylic acid groups (broad SMARTS) is 1. The van der Waals surface area contributed by atoms with Gasteiger partial charge in [0, 0.05) is 5.39 Å². The summed E-state index contributed by atoms with van der Waals surface area (Å²) < 4.78 is 16.2. The van der Waals surface area contributed by atoms with Crippen molar-refractivity contribution in [3.8, 4) is 5.75 Å². The number of benzene rings is 2. The Labute approximate surface area is 168 Å². The number of amides is 1. The summed E-state index contributed by atoms with van der Waals surface area (Å²) in [7, 11) is 1.55. The minimum absolute atomic E-state index is 0.0239. The van der Waals surface area contributed by atoms with Crippen LogP contribution in [-0.2, 0) is 22.6 Å². The summed E-state index contributed by atoms with van der Waals surface area (Å²) in [6.45, 7) is 2.16. The molecular weight excluding hydrogens is 374 g/mol. The van der Waals surface area contributed by atoms with E-state index < -0.39 is 17.9 Å². The number of fused-ring (bicyclic) bond motifs is 1. The van der Waals surface area contributed by atoms with Crippen molar-refractivity contribution in [3.05, 3.63) is 65.4 Å². The molecule has 0 aliphatic carbocycles. The van der Waals surface area contributed by atoms with Crippen LogP contribution in [0.15, 0.2) is 52.9 Å². The SMILES string of the molecule is CCc1ccccc1COC[C@H](NC(=O)c1cc2cc(OC)ccc2o1)C(=O)O. The van der Waals surface area contributed by atoms with Crippen LogP contribution in [0.3, 0.4) is 0 Å². The molecule has 0 fully saturated rings. The summed E-state index contributed by atoms with van der Waals surface area (Å²) >= 11 is 0. The molecule has 0 aliphatic heterocycles. The van der Waals surface area contributed by atoms with E-state index in [1.807, 2.05) is 31.2 Å². The van der Waals surface area contributed by atoms with Crippen LogP contribution in [0.1, 0.15) is 28.6 Å². The van der Waals surface area contributed by atoms with Gasteiger partial charge >= 0.3 is 5.97 Å². The number of furan rings is 1. The van der Waals surface area contributed by atoms with Gasteiger partial charge in [-0.2, -0.15) is 0 Å². The second kappa shape index (κ2) is 9.25. The Morgan fingerprint density at radius 3 is 2.59 bits per heavy atom. The first-order valence-corrected chi connectivity index (χ1v) is 9.27. The maximum atomic E-state index is 12.5. The molecule has 1 aromatic heterocycles. The lowest BCUT2D eigenvalue weighted by atomic mass is 10.1. The maximum absolute atomic E-state index is 12.5. The third kappa shape index (κ3) is 4.94. The third-order valence-corrected chi connectivity index (χ3v) is 4.59. The third-order valence-electron chi connectivity index (χ3n) is 4.59. The predicted octanol–water partition coefficient (Wildman–Crippen LogP) is 3.40. The highest BCUT2D eigenvalue weighted by Gasteiger charge is 2.23. The number of hydrogen-bond acceptors (Lipinski definition) is 5. The number of aliphatic carboxylic acids is 1. The smallest absolute Gasteiger partial charge is 0.328 e. The van der Waals surface area contributed by atoms with Gasteiger partial charge in [0.1, 0.15) is 11.3 Å². The van der Waals surface area contributed by atoms with Crippen molar-refractivity contribution in [2.75, 3.05) is 13.7 Å². The largest absolute Gasteiger partial charge is 0.497 e. The Kier molecular flexibility index (Phi) is 6.51. The zero-order valence-corrected chi connectivity index (χ0v) is 16.3. The normalized spacial score (nSPS) is 11.9. The predicted molar refractivity (Wildman–Crippen MR) is 107 cm³/mol. The molecule has 0 radical (unpaired) electrons. The number of hydrogen-bond donors (Lipinski definition) is 2. The second-order valence-electron chi connectivity index (χ2n) is 6.52. The molecule has 29 heavy (non-hydrogen) atoms. The minimum atomic E-state index is -1.20. The average Bonchev–Trinajstić information content (AvgIpc) is 3.16. The Bertz CT molecular complexity index is 1010. The summed E-state index contributed by atoms with van der Waals surface area (Å²) in [5.41, 5.74) is 2.65. The quantitative estimate of drug-likeness (QED) is 0.574. The molecule has 0 spiro atoms. The Morgan fingerprint density at radius 2 is 1.90 bits per heavy atom. The van der Waals surface area contributed by atoms with Gasteiger partial charge in [-0.05, 0) is 41.8 Å². The molecule has 3 rings (SSSR count). The van der Waals surface area contributed by atoms with Crippen molar-refractivity contribution in [1.29, 1.82) is 0 Å². The molecule has 0 bridgehead atoms. The fraction of sp³-hybridized carbons (Fsp3) is 0.273. The first kappa shape index (κ1) is 20.4. The minimum Gasteiger partial charge on any atom is -0.497 e. The zero-order valence-electron chi connectivity index (χ0n) is 16.3. The maximum Gasteiger partial charge on any atom is 0.328 e. The van der Waals surface area contributed by atoms with Crippen LogP contribution in [0.2, 0.25) is 0 Å². The van der Waals surface area contributed by atoms with E-state index >= 15 is 0 Å². The number of rotatable bonds is 9. The van der Waals surface area contributed by atoms with E-state index in [-0.39, 0.29) is 19.0 Å². The van der Waals surface area contributed by atoms with Crippen LogP contribution in [-0.4, -0.2) is 36.7 Å².